The summed E-state index contributed by atoms with van der Waals surface area (Å²) in [7, 11) is 1.27. The number of aromatic nitrogens is 1. The zero-order valence-electron chi connectivity index (χ0n) is 24.2. The molecule has 10 nitrogen and oxygen atoms in total. The van der Waals surface area contributed by atoms with Gasteiger partial charge >= 0.3 is 11.9 Å². The normalized spacial score (nSPS) is 14.6. The summed E-state index contributed by atoms with van der Waals surface area (Å²) < 4.78 is 31.1. The minimum Gasteiger partial charge on any atom is -0.492 e. The Morgan fingerprint density at radius 1 is 1.07 bits per heavy atom. The van der Waals surface area contributed by atoms with Gasteiger partial charge in [0.1, 0.15) is 5.75 Å². The van der Waals surface area contributed by atoms with Gasteiger partial charge in [0.25, 0.3) is 5.56 Å². The van der Waals surface area contributed by atoms with Crippen LogP contribution in [0.25, 0.3) is 6.08 Å². The average Bonchev–Trinajstić information content (AvgIpc) is 3.27. The number of allylic oxidation sites excluding steroid dienone is 1. The van der Waals surface area contributed by atoms with E-state index in [1.54, 1.807) is 38.1 Å². The van der Waals surface area contributed by atoms with Crippen molar-refractivity contribution in [2.75, 3.05) is 33.5 Å². The number of methoxy groups -OCH3 is 1. The first-order chi connectivity index (χ1) is 20.6. The van der Waals surface area contributed by atoms with E-state index < -0.39 is 18.0 Å². The molecule has 4 rings (SSSR count). The number of hydrogen-bond donors (Lipinski definition) is 0. The lowest BCUT2D eigenvalue weighted by molar-refractivity contribution is -0.143. The van der Waals surface area contributed by atoms with Gasteiger partial charge in [-0.3, -0.25) is 9.36 Å². The Labute approximate surface area is 274 Å². The van der Waals surface area contributed by atoms with Crippen molar-refractivity contribution in [1.29, 1.82) is 0 Å². The van der Waals surface area contributed by atoms with Crippen molar-refractivity contribution in [2.45, 2.75) is 33.7 Å². The molecule has 1 aliphatic heterocycles. The third-order valence-corrected chi connectivity index (χ3v) is 8.53. The van der Waals surface area contributed by atoms with Crippen LogP contribution in [-0.2, 0) is 19.1 Å². The number of carbonyl (C=O) groups is 2. The second kappa shape index (κ2) is 14.5. The molecule has 0 saturated carbocycles. The standard InChI is InChI=1S/C30H30BrIN2O8S/c1-6-39-22-12-17(9-10-21(22)42-15-24(35)38-5)26-25(29(37)41-8-3)16(4)33-30-34(26)28(36)23(43-30)13-18-11-19(31)14-20(32)27(18)40-7-2/h9-14,26H,6-8,15H2,1-5H3/b23-13+/t26-/m1/s1. The van der Waals surface area contributed by atoms with E-state index in [1.807, 2.05) is 26.0 Å². The molecular weight excluding hydrogens is 755 g/mol. The van der Waals surface area contributed by atoms with Crippen molar-refractivity contribution in [3.05, 3.63) is 80.5 Å². The Morgan fingerprint density at radius 2 is 1.81 bits per heavy atom. The van der Waals surface area contributed by atoms with Gasteiger partial charge in [0.05, 0.1) is 52.3 Å². The number of ether oxygens (including phenoxy) is 5. The number of fused-ring (bicyclic) bond motifs is 1. The van der Waals surface area contributed by atoms with Crippen LogP contribution in [-0.4, -0.2) is 50.0 Å². The van der Waals surface area contributed by atoms with Gasteiger partial charge in [0.15, 0.2) is 22.9 Å². The molecule has 0 bridgehead atoms. The quantitative estimate of drug-likeness (QED) is 0.206. The molecule has 1 aromatic heterocycles. The number of hydrogen-bond acceptors (Lipinski definition) is 10. The number of nitrogens with zero attached hydrogens (tertiary/aromatic N) is 2. The minimum atomic E-state index is -0.861. The molecule has 43 heavy (non-hydrogen) atoms. The Morgan fingerprint density at radius 3 is 2.49 bits per heavy atom. The predicted octanol–water partition coefficient (Wildman–Crippen LogP) is 4.51. The number of esters is 2. The van der Waals surface area contributed by atoms with E-state index in [9.17, 15) is 14.4 Å². The van der Waals surface area contributed by atoms with Gasteiger partial charge in [-0.25, -0.2) is 14.6 Å². The second-order valence-corrected chi connectivity index (χ2v) is 12.1. The summed E-state index contributed by atoms with van der Waals surface area (Å²) in [6, 6.07) is 8.02. The first-order valence-electron chi connectivity index (χ1n) is 13.4. The molecule has 2 aromatic carbocycles. The van der Waals surface area contributed by atoms with E-state index in [-0.39, 0.29) is 24.3 Å². The van der Waals surface area contributed by atoms with E-state index in [0.29, 0.717) is 51.1 Å². The lowest BCUT2D eigenvalue weighted by Crippen LogP contribution is -2.40. The molecule has 1 atom stereocenters. The zero-order valence-corrected chi connectivity index (χ0v) is 28.8. The fourth-order valence-electron chi connectivity index (χ4n) is 4.51. The van der Waals surface area contributed by atoms with Gasteiger partial charge in [-0.15, -0.1) is 0 Å². The molecule has 1 aliphatic rings. The predicted molar refractivity (Wildman–Crippen MR) is 174 cm³/mol. The lowest BCUT2D eigenvalue weighted by Gasteiger charge is -2.25. The van der Waals surface area contributed by atoms with Crippen LogP contribution in [0.4, 0.5) is 0 Å². The molecular formula is C30H30BrIN2O8S. The molecule has 0 unspecified atom stereocenters. The number of carbonyl (C=O) groups excluding carboxylic acids is 2. The van der Waals surface area contributed by atoms with E-state index in [4.69, 9.17) is 18.9 Å². The third-order valence-electron chi connectivity index (χ3n) is 6.29. The lowest BCUT2D eigenvalue weighted by atomic mass is 9.95. The van der Waals surface area contributed by atoms with Crippen molar-refractivity contribution in [2.24, 2.45) is 4.99 Å². The molecule has 2 heterocycles. The van der Waals surface area contributed by atoms with Crippen molar-refractivity contribution >= 4 is 67.9 Å². The molecule has 0 amide bonds. The van der Waals surface area contributed by atoms with Crippen LogP contribution in [0.3, 0.4) is 0 Å². The highest BCUT2D eigenvalue weighted by molar-refractivity contribution is 14.1. The number of thiazole rings is 1. The maximum Gasteiger partial charge on any atom is 0.343 e. The number of rotatable bonds is 11. The molecule has 0 fully saturated rings. The van der Waals surface area contributed by atoms with E-state index >= 15 is 0 Å². The number of halogens is 2. The van der Waals surface area contributed by atoms with Crippen molar-refractivity contribution in [1.82, 2.24) is 4.57 Å². The van der Waals surface area contributed by atoms with Gasteiger partial charge in [-0.1, -0.05) is 33.3 Å². The Hall–Kier alpha value is -3.17. The van der Waals surface area contributed by atoms with Gasteiger partial charge in [0, 0.05) is 10.0 Å². The second-order valence-electron chi connectivity index (χ2n) is 9.05. The van der Waals surface area contributed by atoms with E-state index in [2.05, 4.69) is 48.3 Å². The summed E-state index contributed by atoms with van der Waals surface area (Å²) in [6.07, 6.45) is 1.78. The summed E-state index contributed by atoms with van der Waals surface area (Å²) in [5.74, 6) is 0.200. The summed E-state index contributed by atoms with van der Waals surface area (Å²) in [5, 5.41) is 0. The average molecular weight is 785 g/mol. The van der Waals surface area contributed by atoms with Crippen LogP contribution in [0, 0.1) is 3.57 Å². The molecule has 0 N–H and O–H groups in total. The molecule has 0 radical (unpaired) electrons. The monoisotopic (exact) mass is 784 g/mol. The van der Waals surface area contributed by atoms with Crippen molar-refractivity contribution < 1.29 is 33.3 Å². The molecule has 3 aromatic rings. The van der Waals surface area contributed by atoms with Crippen LogP contribution in [0.5, 0.6) is 17.2 Å². The highest BCUT2D eigenvalue weighted by Crippen LogP contribution is 2.36. The van der Waals surface area contributed by atoms with Crippen molar-refractivity contribution in [3.63, 3.8) is 0 Å². The smallest absolute Gasteiger partial charge is 0.343 e. The maximum atomic E-state index is 14.1. The molecule has 13 heteroatoms. The molecule has 0 saturated heterocycles. The molecule has 228 valence electrons. The van der Waals surface area contributed by atoms with Gasteiger partial charge in [-0.05, 0) is 86.2 Å². The fraction of sp³-hybridized carbons (Fsp3) is 0.333. The fourth-order valence-corrected chi connectivity index (χ4v) is 7.25. The Bertz CT molecular complexity index is 1760. The first kappa shape index (κ1) is 32.7. The van der Waals surface area contributed by atoms with Crippen LogP contribution >= 0.6 is 49.9 Å². The third kappa shape index (κ3) is 7.15. The van der Waals surface area contributed by atoms with Crippen molar-refractivity contribution in [3.8, 4) is 17.2 Å². The zero-order chi connectivity index (χ0) is 31.3. The Kier molecular flexibility index (Phi) is 11.1. The van der Waals surface area contributed by atoms with E-state index in [1.165, 1.54) is 23.0 Å². The van der Waals surface area contributed by atoms with Crippen LogP contribution in [0.2, 0.25) is 0 Å². The van der Waals surface area contributed by atoms with Crippen LogP contribution in [0.15, 0.2) is 55.9 Å². The van der Waals surface area contributed by atoms with E-state index in [0.717, 1.165) is 13.6 Å². The van der Waals surface area contributed by atoms with Crippen LogP contribution < -0.4 is 29.1 Å². The molecule has 0 aliphatic carbocycles. The summed E-state index contributed by atoms with van der Waals surface area (Å²) in [6.45, 7) is 7.77. The van der Waals surface area contributed by atoms with Crippen LogP contribution in [0.1, 0.15) is 44.9 Å². The summed E-state index contributed by atoms with van der Waals surface area (Å²) >= 11 is 6.95. The minimum absolute atomic E-state index is 0.152. The first-order valence-corrected chi connectivity index (χ1v) is 16.1. The highest BCUT2D eigenvalue weighted by Gasteiger charge is 2.34. The highest BCUT2D eigenvalue weighted by atomic mass is 127. The SMILES string of the molecule is CCOC(=O)C1=C(C)N=c2s/c(=C/c3cc(Br)cc(I)c3OCC)c(=O)n2[C@@H]1c1ccc(OCC(=O)OC)c(OCC)c1. The maximum absolute atomic E-state index is 14.1. The largest absolute Gasteiger partial charge is 0.492 e. The van der Waals surface area contributed by atoms with Gasteiger partial charge in [-0.2, -0.15) is 0 Å². The van der Waals surface area contributed by atoms with Gasteiger partial charge < -0.3 is 23.7 Å². The summed E-state index contributed by atoms with van der Waals surface area (Å²) in [5.41, 5.74) is 1.65. The number of benzene rings is 2. The topological polar surface area (TPSA) is 115 Å². The van der Waals surface area contributed by atoms with Gasteiger partial charge in [0.2, 0.25) is 0 Å². The molecule has 0 spiro atoms. The summed E-state index contributed by atoms with van der Waals surface area (Å²) in [4.78, 5) is 44.2. The Balaban J connectivity index is 1.94.